The van der Waals surface area contributed by atoms with Crippen LogP contribution in [0.1, 0.15) is 18.7 Å². The molecule has 1 amide bonds. The van der Waals surface area contributed by atoms with E-state index in [1.807, 2.05) is 5.32 Å². The Labute approximate surface area is 223 Å². The third kappa shape index (κ3) is 5.58. The lowest BCUT2D eigenvalue weighted by molar-refractivity contribution is -0.164. The minimum absolute atomic E-state index is 0.0335. The third-order valence-electron chi connectivity index (χ3n) is 5.84. The van der Waals surface area contributed by atoms with Gasteiger partial charge in [-0.2, -0.15) is 13.2 Å². The Balaban J connectivity index is 1.50. The number of amides is 1. The van der Waals surface area contributed by atoms with Crippen LogP contribution in [0.5, 0.6) is 0 Å². The van der Waals surface area contributed by atoms with E-state index in [1.165, 1.54) is 41.5 Å². The maximum atomic E-state index is 13.9. The summed E-state index contributed by atoms with van der Waals surface area (Å²) in [6, 6.07) is 7.10. The number of hydrogen-bond acceptors (Lipinski definition) is 6. The Morgan fingerprint density at radius 1 is 1.11 bits per heavy atom. The lowest BCUT2D eigenvalue weighted by atomic mass is 10.2. The van der Waals surface area contributed by atoms with Crippen molar-refractivity contribution in [2.45, 2.75) is 38.1 Å². The van der Waals surface area contributed by atoms with E-state index >= 15 is 0 Å². The van der Waals surface area contributed by atoms with Crippen LogP contribution in [-0.2, 0) is 17.9 Å². The van der Waals surface area contributed by atoms with E-state index in [4.69, 9.17) is 23.2 Å². The first-order valence-corrected chi connectivity index (χ1v) is 12.2. The van der Waals surface area contributed by atoms with E-state index in [9.17, 15) is 22.8 Å². The number of hydrogen-bond donors (Lipinski definition) is 1. The van der Waals surface area contributed by atoms with E-state index in [0.717, 1.165) is 9.25 Å². The highest BCUT2D eigenvalue weighted by Crippen LogP contribution is 2.31. The molecule has 10 nitrogen and oxygen atoms in total. The molecule has 38 heavy (non-hydrogen) atoms. The summed E-state index contributed by atoms with van der Waals surface area (Å²) in [5.74, 6) is -0.705. The largest absolute Gasteiger partial charge is 0.410 e. The van der Waals surface area contributed by atoms with E-state index in [-0.39, 0.29) is 18.2 Å². The van der Waals surface area contributed by atoms with Crippen molar-refractivity contribution in [2.75, 3.05) is 0 Å². The summed E-state index contributed by atoms with van der Waals surface area (Å²) in [4.78, 5) is 33.8. The minimum atomic E-state index is -4.80. The molecule has 5 rings (SSSR count). The molecule has 0 saturated heterocycles. The van der Waals surface area contributed by atoms with Gasteiger partial charge < -0.3 is 5.32 Å². The fourth-order valence-corrected chi connectivity index (χ4v) is 4.06. The van der Waals surface area contributed by atoms with Gasteiger partial charge in [-0.05, 0) is 49.2 Å². The van der Waals surface area contributed by atoms with Gasteiger partial charge in [-0.1, -0.05) is 23.2 Å². The Morgan fingerprint density at radius 3 is 2.50 bits per heavy atom. The van der Waals surface area contributed by atoms with Gasteiger partial charge in [0.1, 0.15) is 18.9 Å². The van der Waals surface area contributed by atoms with Gasteiger partial charge in [0.15, 0.2) is 17.5 Å². The molecular formula is C23H19Cl2F3N8O2. The SMILES string of the molecule is O=C(NC(Cn1c(-c2ccc(Cl)cc2)nn(Cc2ncn(-c3ncccc3Cl)n2)c1=O)C(F)(F)F)C1CC1. The van der Waals surface area contributed by atoms with Crippen LogP contribution in [0.4, 0.5) is 13.2 Å². The molecule has 1 fully saturated rings. The van der Waals surface area contributed by atoms with E-state index < -0.39 is 36.3 Å². The first-order valence-electron chi connectivity index (χ1n) is 11.4. The summed E-state index contributed by atoms with van der Waals surface area (Å²) < 4.78 is 44.9. The van der Waals surface area contributed by atoms with Gasteiger partial charge in [-0.3, -0.25) is 9.36 Å². The highest BCUT2D eigenvalue weighted by atomic mass is 35.5. The van der Waals surface area contributed by atoms with Gasteiger partial charge in [-0.25, -0.2) is 24.1 Å². The van der Waals surface area contributed by atoms with Gasteiger partial charge in [0.05, 0.1) is 11.6 Å². The number of alkyl halides is 3. The molecule has 198 valence electrons. The van der Waals surface area contributed by atoms with Crippen LogP contribution < -0.4 is 11.0 Å². The zero-order chi connectivity index (χ0) is 27.0. The highest BCUT2D eigenvalue weighted by Gasteiger charge is 2.44. The summed E-state index contributed by atoms with van der Waals surface area (Å²) >= 11 is 12.1. The smallest absolute Gasteiger partial charge is 0.343 e. The standard InChI is InChI=1S/C23H19Cl2F3N8O2/c24-15-7-5-13(6-8-15)19-33-35(11-18-30-12-36(32-18)20-16(25)2-1-9-29-20)22(38)34(19)10-17(23(26,27)28)31-21(37)14-3-4-14/h1-2,5-9,12,14,17H,3-4,10-11H2,(H,31,37). The van der Waals surface area contributed by atoms with Crippen LogP contribution in [0.2, 0.25) is 10.0 Å². The van der Waals surface area contributed by atoms with Crippen LogP contribution >= 0.6 is 23.2 Å². The Bertz CT molecular complexity index is 1530. The number of aromatic nitrogens is 7. The molecule has 1 atom stereocenters. The number of benzene rings is 1. The van der Waals surface area contributed by atoms with Gasteiger partial charge in [0, 0.05) is 22.7 Å². The molecule has 0 radical (unpaired) electrons. The number of carbonyl (C=O) groups excluding carboxylic acids is 1. The molecule has 0 aliphatic heterocycles. The Hall–Kier alpha value is -3.71. The molecule has 1 aliphatic rings. The molecule has 0 spiro atoms. The molecule has 0 bridgehead atoms. The number of halogens is 5. The van der Waals surface area contributed by atoms with Crippen molar-refractivity contribution in [2.24, 2.45) is 5.92 Å². The highest BCUT2D eigenvalue weighted by molar-refractivity contribution is 6.32. The predicted octanol–water partition coefficient (Wildman–Crippen LogP) is 3.50. The fourth-order valence-electron chi connectivity index (χ4n) is 3.72. The van der Waals surface area contributed by atoms with Crippen molar-refractivity contribution < 1.29 is 18.0 Å². The summed E-state index contributed by atoms with van der Waals surface area (Å²) in [5, 5.41) is 11.3. The normalized spacial score (nSPS) is 14.4. The summed E-state index contributed by atoms with van der Waals surface area (Å²) in [5.41, 5.74) is -0.476. The minimum Gasteiger partial charge on any atom is -0.343 e. The third-order valence-corrected chi connectivity index (χ3v) is 6.38. The average molecular weight is 567 g/mol. The summed E-state index contributed by atoms with van der Waals surface area (Å²) in [7, 11) is 0. The van der Waals surface area contributed by atoms with E-state index in [0.29, 0.717) is 34.3 Å². The Kier molecular flexibility index (Phi) is 6.97. The molecule has 15 heteroatoms. The zero-order valence-electron chi connectivity index (χ0n) is 19.4. The number of nitrogens with one attached hydrogen (secondary N) is 1. The van der Waals surface area contributed by atoms with Crippen LogP contribution in [0.15, 0.2) is 53.7 Å². The maximum Gasteiger partial charge on any atom is 0.410 e. The van der Waals surface area contributed by atoms with Crippen molar-refractivity contribution in [3.8, 4) is 17.2 Å². The van der Waals surface area contributed by atoms with Gasteiger partial charge in [-0.15, -0.1) is 10.2 Å². The first-order chi connectivity index (χ1) is 18.1. The Morgan fingerprint density at radius 2 is 1.84 bits per heavy atom. The second-order valence-corrected chi connectivity index (χ2v) is 9.52. The van der Waals surface area contributed by atoms with E-state index in [1.54, 1.807) is 12.1 Å². The van der Waals surface area contributed by atoms with Crippen molar-refractivity contribution in [1.82, 2.24) is 39.4 Å². The lowest BCUT2D eigenvalue weighted by Gasteiger charge is -2.22. The van der Waals surface area contributed by atoms with Crippen molar-refractivity contribution >= 4 is 29.1 Å². The molecular weight excluding hydrogens is 548 g/mol. The molecule has 3 aromatic heterocycles. The average Bonchev–Trinajstić information content (AvgIpc) is 3.56. The monoisotopic (exact) mass is 566 g/mol. The lowest BCUT2D eigenvalue weighted by Crippen LogP contribution is -2.50. The molecule has 4 aromatic rings. The van der Waals surface area contributed by atoms with Crippen LogP contribution in [-0.4, -0.2) is 52.2 Å². The van der Waals surface area contributed by atoms with Crippen LogP contribution in [0.3, 0.4) is 0 Å². The molecule has 3 heterocycles. The molecule has 1 unspecified atom stereocenters. The fraction of sp³-hybridized carbons (Fsp3) is 0.304. The summed E-state index contributed by atoms with van der Waals surface area (Å²) in [6.07, 6.45) is -0.863. The second kappa shape index (κ2) is 10.2. The van der Waals surface area contributed by atoms with Crippen LogP contribution in [0.25, 0.3) is 17.2 Å². The van der Waals surface area contributed by atoms with Crippen molar-refractivity contribution in [3.63, 3.8) is 0 Å². The number of carbonyl (C=O) groups is 1. The predicted molar refractivity (Wildman–Crippen MR) is 131 cm³/mol. The van der Waals surface area contributed by atoms with Crippen molar-refractivity contribution in [3.05, 3.63) is 75.3 Å². The van der Waals surface area contributed by atoms with Gasteiger partial charge in [0.25, 0.3) is 0 Å². The zero-order valence-corrected chi connectivity index (χ0v) is 21.0. The molecule has 1 N–H and O–H groups in total. The molecule has 1 aliphatic carbocycles. The van der Waals surface area contributed by atoms with E-state index in [2.05, 4.69) is 20.2 Å². The van der Waals surface area contributed by atoms with Crippen molar-refractivity contribution in [1.29, 1.82) is 0 Å². The topological polar surface area (TPSA) is 113 Å². The number of nitrogens with zero attached hydrogens (tertiary/aromatic N) is 7. The first kappa shape index (κ1) is 25.9. The summed E-state index contributed by atoms with van der Waals surface area (Å²) in [6.45, 7) is -1.11. The van der Waals surface area contributed by atoms with Crippen LogP contribution in [0, 0.1) is 5.92 Å². The number of pyridine rings is 1. The maximum absolute atomic E-state index is 13.9. The molecule has 1 aromatic carbocycles. The van der Waals surface area contributed by atoms with Gasteiger partial charge >= 0.3 is 11.9 Å². The number of rotatable bonds is 8. The molecule has 1 saturated carbocycles. The second-order valence-electron chi connectivity index (χ2n) is 8.67. The van der Waals surface area contributed by atoms with Gasteiger partial charge in [0.2, 0.25) is 5.91 Å². The quantitative estimate of drug-likeness (QED) is 0.349.